The van der Waals surface area contributed by atoms with E-state index in [2.05, 4.69) is 39.8 Å². The van der Waals surface area contributed by atoms with Crippen molar-refractivity contribution >= 4 is 52.0 Å². The monoisotopic (exact) mass is 599 g/mol. The van der Waals surface area contributed by atoms with Crippen LogP contribution in [-0.2, 0) is 4.74 Å². The molecule has 0 spiro atoms. The Bertz CT molecular complexity index is 1610. The lowest BCUT2D eigenvalue weighted by atomic mass is 10.1. The number of amides is 2. The van der Waals surface area contributed by atoms with Crippen molar-refractivity contribution < 1.29 is 14.3 Å². The fourth-order valence-electron chi connectivity index (χ4n) is 4.56. The lowest BCUT2D eigenvalue weighted by molar-refractivity contribution is 0.0635. The average molecular weight is 600 g/mol. The number of hydrogen-bond donors (Lipinski definition) is 3. The van der Waals surface area contributed by atoms with Crippen molar-refractivity contribution in [3.05, 3.63) is 72.2 Å². The second-order valence-electron chi connectivity index (χ2n) is 11.6. The lowest BCUT2D eigenvalue weighted by Gasteiger charge is -2.27. The van der Waals surface area contributed by atoms with E-state index in [4.69, 9.17) is 9.72 Å². The van der Waals surface area contributed by atoms with Crippen molar-refractivity contribution in [2.75, 3.05) is 36.8 Å². The molecule has 0 unspecified atom stereocenters. The Morgan fingerprint density at radius 1 is 1.00 bits per heavy atom. The highest BCUT2D eigenvalue weighted by Crippen LogP contribution is 2.37. The van der Waals surface area contributed by atoms with Gasteiger partial charge < -0.3 is 20.3 Å². The molecule has 5 rings (SSSR count). The minimum absolute atomic E-state index is 0.00513. The summed E-state index contributed by atoms with van der Waals surface area (Å²) < 4.78 is 5.35. The number of piperazine rings is 1. The summed E-state index contributed by atoms with van der Waals surface area (Å²) in [6.45, 7) is 12.6. The molecule has 1 saturated heterocycles. The van der Waals surface area contributed by atoms with Crippen molar-refractivity contribution in [2.24, 2.45) is 0 Å². The molecule has 224 valence electrons. The predicted octanol–water partition coefficient (Wildman–Crippen LogP) is 6.44. The van der Waals surface area contributed by atoms with Gasteiger partial charge in [0.15, 0.2) is 5.65 Å². The number of pyridine rings is 1. The van der Waals surface area contributed by atoms with E-state index in [1.54, 1.807) is 0 Å². The molecule has 43 heavy (non-hydrogen) atoms. The van der Waals surface area contributed by atoms with E-state index in [9.17, 15) is 9.59 Å². The molecule has 11 heteroatoms. The summed E-state index contributed by atoms with van der Waals surface area (Å²) in [5.74, 6) is 0.880. The van der Waals surface area contributed by atoms with Crippen LogP contribution in [0.15, 0.2) is 70.7 Å². The summed E-state index contributed by atoms with van der Waals surface area (Å²) in [6.07, 6.45) is 0.997. The van der Waals surface area contributed by atoms with Crippen molar-refractivity contribution in [3.8, 4) is 0 Å². The van der Waals surface area contributed by atoms with Crippen LogP contribution in [0.4, 0.5) is 22.0 Å². The molecule has 2 amide bonds. The van der Waals surface area contributed by atoms with Crippen LogP contribution in [0.5, 0.6) is 0 Å². The zero-order valence-electron chi connectivity index (χ0n) is 25.1. The summed E-state index contributed by atoms with van der Waals surface area (Å²) in [7, 11) is 0. The fraction of sp³-hybridized carbons (Fsp3) is 0.344. The highest BCUT2D eigenvalue weighted by molar-refractivity contribution is 7.99. The van der Waals surface area contributed by atoms with E-state index in [0.717, 1.165) is 39.6 Å². The van der Waals surface area contributed by atoms with Crippen LogP contribution in [0.1, 0.15) is 56.6 Å². The van der Waals surface area contributed by atoms with Crippen LogP contribution in [0, 0.1) is 0 Å². The highest BCUT2D eigenvalue weighted by atomic mass is 32.2. The summed E-state index contributed by atoms with van der Waals surface area (Å²) >= 11 is 1.54. The van der Waals surface area contributed by atoms with E-state index in [1.807, 2.05) is 80.3 Å². The van der Waals surface area contributed by atoms with Crippen LogP contribution >= 0.6 is 11.8 Å². The van der Waals surface area contributed by atoms with Crippen molar-refractivity contribution in [3.63, 3.8) is 0 Å². The van der Waals surface area contributed by atoms with E-state index in [-0.39, 0.29) is 11.8 Å². The van der Waals surface area contributed by atoms with Gasteiger partial charge in [-0.1, -0.05) is 25.6 Å². The number of hydrogen-bond acceptors (Lipinski definition) is 9. The standard InChI is InChI=1S/C32H37N7O3S/c1-20(2)25-12-11-24-28(37-25)34-19-35-29(24)38-26-18-21(30(40)39-16-14-33-15-17-39)6-13-27(26)43-23-9-7-22(8-10-23)36-31(41)42-32(3,4)5/h6-13,18-20,33H,14-17H2,1-5H3,(H,36,41)(H,34,35,37,38). The number of carbonyl (C=O) groups excluding carboxylic acids is 2. The third-order valence-corrected chi connectivity index (χ3v) is 7.81. The van der Waals surface area contributed by atoms with Gasteiger partial charge in [-0.3, -0.25) is 10.1 Å². The van der Waals surface area contributed by atoms with Crippen LogP contribution in [0.25, 0.3) is 11.0 Å². The molecular weight excluding hydrogens is 562 g/mol. The second-order valence-corrected chi connectivity index (χ2v) is 12.7. The fourth-order valence-corrected chi connectivity index (χ4v) is 5.44. The molecule has 3 heterocycles. The quantitative estimate of drug-likeness (QED) is 0.220. The molecule has 0 saturated carbocycles. The molecule has 2 aromatic carbocycles. The molecule has 10 nitrogen and oxygen atoms in total. The Hall–Kier alpha value is -4.22. The normalized spacial score (nSPS) is 13.7. The lowest BCUT2D eigenvalue weighted by Crippen LogP contribution is -2.46. The van der Waals surface area contributed by atoms with E-state index < -0.39 is 11.7 Å². The Balaban J connectivity index is 1.43. The molecule has 2 aromatic heterocycles. The number of aromatic nitrogens is 3. The molecule has 0 radical (unpaired) electrons. The first-order valence-corrected chi connectivity index (χ1v) is 15.2. The maximum Gasteiger partial charge on any atom is 0.412 e. The van der Waals surface area contributed by atoms with Gasteiger partial charge in [0.2, 0.25) is 0 Å². The Morgan fingerprint density at radius 2 is 1.74 bits per heavy atom. The zero-order chi connectivity index (χ0) is 30.6. The average Bonchev–Trinajstić information content (AvgIpc) is 2.98. The molecule has 0 atom stereocenters. The molecule has 1 aliphatic rings. The maximum atomic E-state index is 13.4. The summed E-state index contributed by atoms with van der Waals surface area (Å²) in [6, 6.07) is 17.2. The number of rotatable bonds is 7. The van der Waals surface area contributed by atoms with Gasteiger partial charge >= 0.3 is 6.09 Å². The van der Waals surface area contributed by atoms with E-state index in [0.29, 0.717) is 35.8 Å². The van der Waals surface area contributed by atoms with Gasteiger partial charge in [0.25, 0.3) is 5.91 Å². The van der Waals surface area contributed by atoms with Crippen LogP contribution in [0.3, 0.4) is 0 Å². The first-order chi connectivity index (χ1) is 20.6. The third-order valence-electron chi connectivity index (χ3n) is 6.72. The summed E-state index contributed by atoms with van der Waals surface area (Å²) in [5.41, 5.74) is 2.97. The number of ether oxygens (including phenoxy) is 1. The molecule has 0 aliphatic carbocycles. The predicted molar refractivity (Wildman–Crippen MR) is 170 cm³/mol. The third kappa shape index (κ3) is 7.79. The van der Waals surface area contributed by atoms with Crippen LogP contribution in [-0.4, -0.2) is 63.6 Å². The van der Waals surface area contributed by atoms with Gasteiger partial charge in [-0.2, -0.15) is 0 Å². The number of carbonyl (C=O) groups is 2. The maximum absolute atomic E-state index is 13.4. The first kappa shape index (κ1) is 30.2. The van der Waals surface area contributed by atoms with Crippen LogP contribution < -0.4 is 16.0 Å². The largest absolute Gasteiger partial charge is 0.444 e. The van der Waals surface area contributed by atoms with Crippen LogP contribution in [0.2, 0.25) is 0 Å². The van der Waals surface area contributed by atoms with Gasteiger partial charge in [0.1, 0.15) is 17.7 Å². The minimum Gasteiger partial charge on any atom is -0.444 e. The molecular formula is C32H37N7O3S. The first-order valence-electron chi connectivity index (χ1n) is 14.4. The SMILES string of the molecule is CC(C)c1ccc2c(Nc3cc(C(=O)N4CCNCC4)ccc3Sc3ccc(NC(=O)OC(C)(C)C)cc3)ncnc2n1. The molecule has 1 aliphatic heterocycles. The van der Waals surface area contributed by atoms with Crippen molar-refractivity contribution in [2.45, 2.75) is 55.9 Å². The highest BCUT2D eigenvalue weighted by Gasteiger charge is 2.20. The molecule has 0 bridgehead atoms. The zero-order valence-corrected chi connectivity index (χ0v) is 25.9. The topological polar surface area (TPSA) is 121 Å². The molecule has 3 N–H and O–H groups in total. The molecule has 1 fully saturated rings. The Labute approximate surface area is 256 Å². The minimum atomic E-state index is -0.580. The smallest absolute Gasteiger partial charge is 0.412 e. The summed E-state index contributed by atoms with van der Waals surface area (Å²) in [4.78, 5) is 42.9. The van der Waals surface area contributed by atoms with Gasteiger partial charge in [-0.25, -0.2) is 19.7 Å². The summed E-state index contributed by atoms with van der Waals surface area (Å²) in [5, 5.41) is 10.3. The number of fused-ring (bicyclic) bond motifs is 1. The Morgan fingerprint density at radius 3 is 2.44 bits per heavy atom. The van der Waals surface area contributed by atoms with Gasteiger partial charge in [0.05, 0.1) is 11.1 Å². The Kier molecular flexibility index (Phi) is 9.12. The van der Waals surface area contributed by atoms with Gasteiger partial charge in [0, 0.05) is 52.9 Å². The number of nitrogens with one attached hydrogen (secondary N) is 3. The number of benzene rings is 2. The number of anilines is 3. The second kappa shape index (κ2) is 13.0. The molecule has 4 aromatic rings. The van der Waals surface area contributed by atoms with Gasteiger partial charge in [-0.15, -0.1) is 0 Å². The van der Waals surface area contributed by atoms with Crippen molar-refractivity contribution in [1.82, 2.24) is 25.2 Å². The number of nitrogens with zero attached hydrogens (tertiary/aromatic N) is 4. The van der Waals surface area contributed by atoms with E-state index >= 15 is 0 Å². The van der Waals surface area contributed by atoms with Crippen molar-refractivity contribution in [1.29, 1.82) is 0 Å². The van der Waals surface area contributed by atoms with Gasteiger partial charge in [-0.05, 0) is 81.3 Å². The van der Waals surface area contributed by atoms with E-state index in [1.165, 1.54) is 18.1 Å².